The molecule has 1 fully saturated rings. The van der Waals surface area contributed by atoms with E-state index in [9.17, 15) is 4.79 Å². The molecule has 1 atom stereocenters. The number of amides is 1. The van der Waals surface area contributed by atoms with Gasteiger partial charge >= 0.3 is 6.09 Å². The number of hydrogen-bond acceptors (Lipinski definition) is 5. The van der Waals surface area contributed by atoms with Crippen molar-refractivity contribution < 1.29 is 14.3 Å². The lowest BCUT2D eigenvalue weighted by atomic mass is 10.2. The first kappa shape index (κ1) is 13.7. The highest BCUT2D eigenvalue weighted by molar-refractivity contribution is 5.68. The lowest BCUT2D eigenvalue weighted by molar-refractivity contribution is -0.0387. The van der Waals surface area contributed by atoms with Gasteiger partial charge in [0.05, 0.1) is 25.8 Å². The minimum Gasteiger partial charge on any atom is -0.444 e. The molecule has 2 N–H and O–H groups in total. The Bertz CT molecular complexity index is 288. The van der Waals surface area contributed by atoms with Crippen molar-refractivity contribution in [3.05, 3.63) is 0 Å². The molecule has 0 spiro atoms. The summed E-state index contributed by atoms with van der Waals surface area (Å²) >= 11 is 0. The molecular formula is C10H20N4O3. The van der Waals surface area contributed by atoms with Crippen LogP contribution < -0.4 is 5.84 Å². The SMILES string of the molecule is CC(C)(C)OC(=O)N1CCO[C@H](CN=NN)C1. The van der Waals surface area contributed by atoms with Crippen LogP contribution in [-0.4, -0.2) is 48.9 Å². The summed E-state index contributed by atoms with van der Waals surface area (Å²) in [5.74, 6) is 4.92. The Hall–Kier alpha value is -1.37. The van der Waals surface area contributed by atoms with E-state index >= 15 is 0 Å². The number of nitrogens with two attached hydrogens (primary N) is 1. The Balaban J connectivity index is 2.46. The summed E-state index contributed by atoms with van der Waals surface area (Å²) in [6.45, 7) is 7.33. The number of morpholine rings is 1. The molecule has 0 aromatic rings. The summed E-state index contributed by atoms with van der Waals surface area (Å²) in [6, 6.07) is 0. The number of carbonyl (C=O) groups is 1. The van der Waals surface area contributed by atoms with E-state index in [1.165, 1.54) is 0 Å². The van der Waals surface area contributed by atoms with Gasteiger partial charge in [0.15, 0.2) is 0 Å². The van der Waals surface area contributed by atoms with Gasteiger partial charge < -0.3 is 20.2 Å². The minimum absolute atomic E-state index is 0.163. The number of ether oxygens (including phenoxy) is 2. The van der Waals surface area contributed by atoms with E-state index in [4.69, 9.17) is 15.3 Å². The van der Waals surface area contributed by atoms with Gasteiger partial charge in [-0.3, -0.25) is 0 Å². The van der Waals surface area contributed by atoms with Gasteiger partial charge in [-0.05, 0) is 20.8 Å². The highest BCUT2D eigenvalue weighted by Crippen LogP contribution is 2.13. The minimum atomic E-state index is -0.484. The monoisotopic (exact) mass is 244 g/mol. The van der Waals surface area contributed by atoms with Crippen molar-refractivity contribution in [3.63, 3.8) is 0 Å². The van der Waals surface area contributed by atoms with E-state index < -0.39 is 5.60 Å². The fraction of sp³-hybridized carbons (Fsp3) is 0.900. The van der Waals surface area contributed by atoms with Gasteiger partial charge in [-0.15, -0.1) is 0 Å². The molecule has 98 valence electrons. The molecule has 0 radical (unpaired) electrons. The fourth-order valence-corrected chi connectivity index (χ4v) is 1.46. The molecule has 0 saturated carbocycles. The normalized spacial score (nSPS) is 21.8. The van der Waals surface area contributed by atoms with E-state index in [2.05, 4.69) is 10.3 Å². The molecular weight excluding hydrogens is 224 g/mol. The number of carbonyl (C=O) groups excluding carboxylic acids is 1. The van der Waals surface area contributed by atoms with E-state index in [1.54, 1.807) is 4.90 Å². The summed E-state index contributed by atoms with van der Waals surface area (Å²) in [5, 5.41) is 6.83. The van der Waals surface area contributed by atoms with Crippen molar-refractivity contribution in [1.82, 2.24) is 4.90 Å². The van der Waals surface area contributed by atoms with Crippen molar-refractivity contribution in [2.75, 3.05) is 26.2 Å². The van der Waals surface area contributed by atoms with Gasteiger partial charge in [0.1, 0.15) is 5.60 Å². The number of rotatable bonds is 2. The van der Waals surface area contributed by atoms with Crippen molar-refractivity contribution in [1.29, 1.82) is 0 Å². The quantitative estimate of drug-likeness (QED) is 0.445. The number of hydrogen-bond donors (Lipinski definition) is 1. The lowest BCUT2D eigenvalue weighted by Gasteiger charge is -2.33. The van der Waals surface area contributed by atoms with Crippen LogP contribution in [-0.2, 0) is 9.47 Å². The van der Waals surface area contributed by atoms with Crippen LogP contribution in [0.5, 0.6) is 0 Å². The maximum atomic E-state index is 11.8. The third-order valence-corrected chi connectivity index (χ3v) is 2.16. The Morgan fingerprint density at radius 1 is 1.59 bits per heavy atom. The fourth-order valence-electron chi connectivity index (χ4n) is 1.46. The first-order chi connectivity index (χ1) is 7.92. The van der Waals surface area contributed by atoms with Crippen molar-refractivity contribution >= 4 is 6.09 Å². The molecule has 0 bridgehead atoms. The second-order valence-electron chi connectivity index (χ2n) is 4.86. The van der Waals surface area contributed by atoms with Crippen molar-refractivity contribution in [3.8, 4) is 0 Å². The standard InChI is InChI=1S/C10H20N4O3/c1-10(2,3)17-9(15)14-4-5-16-8(7-14)6-12-13-11/h8H,4-7H2,1-3H3,(H2,11,12)/t8-/m1/s1. The average Bonchev–Trinajstić information content (AvgIpc) is 2.24. The van der Waals surface area contributed by atoms with E-state index in [0.29, 0.717) is 26.2 Å². The molecule has 1 aliphatic heterocycles. The first-order valence-electron chi connectivity index (χ1n) is 5.58. The Kier molecular flexibility index (Phi) is 4.68. The van der Waals surface area contributed by atoms with Gasteiger partial charge in [-0.25, -0.2) is 4.79 Å². The van der Waals surface area contributed by atoms with Crippen molar-refractivity contribution in [2.24, 2.45) is 16.2 Å². The molecule has 7 nitrogen and oxygen atoms in total. The van der Waals surface area contributed by atoms with Crippen LogP contribution in [0, 0.1) is 0 Å². The zero-order chi connectivity index (χ0) is 12.9. The molecule has 17 heavy (non-hydrogen) atoms. The van der Waals surface area contributed by atoms with Crippen LogP contribution in [0.4, 0.5) is 4.79 Å². The third kappa shape index (κ3) is 4.99. The molecule has 0 aliphatic carbocycles. The Morgan fingerprint density at radius 3 is 2.88 bits per heavy atom. The summed E-state index contributed by atoms with van der Waals surface area (Å²) in [7, 11) is 0. The van der Waals surface area contributed by atoms with Gasteiger partial charge in [0.2, 0.25) is 0 Å². The maximum Gasteiger partial charge on any atom is 0.410 e. The topological polar surface area (TPSA) is 89.5 Å². The first-order valence-corrected chi connectivity index (χ1v) is 5.58. The third-order valence-electron chi connectivity index (χ3n) is 2.16. The van der Waals surface area contributed by atoms with Gasteiger partial charge in [-0.1, -0.05) is 5.22 Å². The highest BCUT2D eigenvalue weighted by Gasteiger charge is 2.27. The Labute approximate surface area is 101 Å². The second-order valence-corrected chi connectivity index (χ2v) is 4.86. The zero-order valence-corrected chi connectivity index (χ0v) is 10.5. The molecule has 1 saturated heterocycles. The molecule has 0 aromatic heterocycles. The molecule has 1 rings (SSSR count). The maximum absolute atomic E-state index is 11.8. The van der Waals surface area contributed by atoms with Crippen LogP contribution in [0.3, 0.4) is 0 Å². The van der Waals surface area contributed by atoms with Crippen LogP contribution in [0.1, 0.15) is 20.8 Å². The summed E-state index contributed by atoms with van der Waals surface area (Å²) in [6.07, 6.45) is -0.487. The number of nitrogens with zero attached hydrogens (tertiary/aromatic N) is 3. The summed E-state index contributed by atoms with van der Waals surface area (Å²) in [4.78, 5) is 13.4. The zero-order valence-electron chi connectivity index (χ0n) is 10.5. The molecule has 0 unspecified atom stereocenters. The predicted molar refractivity (Wildman–Crippen MR) is 61.5 cm³/mol. The molecule has 1 amide bonds. The van der Waals surface area contributed by atoms with Crippen LogP contribution >= 0.6 is 0 Å². The van der Waals surface area contributed by atoms with Crippen LogP contribution in [0.2, 0.25) is 0 Å². The van der Waals surface area contributed by atoms with E-state index in [-0.39, 0.29) is 12.2 Å². The van der Waals surface area contributed by atoms with E-state index in [0.717, 1.165) is 0 Å². The molecule has 1 heterocycles. The molecule has 1 aliphatic rings. The highest BCUT2D eigenvalue weighted by atomic mass is 16.6. The summed E-state index contributed by atoms with van der Waals surface area (Å²) < 4.78 is 10.7. The molecule has 7 heteroatoms. The predicted octanol–water partition coefficient (Wildman–Crippen LogP) is 0.948. The largest absolute Gasteiger partial charge is 0.444 e. The van der Waals surface area contributed by atoms with Crippen molar-refractivity contribution in [2.45, 2.75) is 32.5 Å². The van der Waals surface area contributed by atoms with Gasteiger partial charge in [0.25, 0.3) is 0 Å². The van der Waals surface area contributed by atoms with Crippen LogP contribution in [0.15, 0.2) is 10.3 Å². The second kappa shape index (κ2) is 5.81. The van der Waals surface area contributed by atoms with Gasteiger partial charge in [-0.2, -0.15) is 5.11 Å². The molecule has 0 aromatic carbocycles. The lowest BCUT2D eigenvalue weighted by Crippen LogP contribution is -2.48. The smallest absolute Gasteiger partial charge is 0.410 e. The average molecular weight is 244 g/mol. The van der Waals surface area contributed by atoms with Crippen LogP contribution in [0.25, 0.3) is 0 Å². The summed E-state index contributed by atoms with van der Waals surface area (Å²) in [5.41, 5.74) is -0.484. The van der Waals surface area contributed by atoms with E-state index in [1.807, 2.05) is 20.8 Å². The Morgan fingerprint density at radius 2 is 2.29 bits per heavy atom. The van der Waals surface area contributed by atoms with Gasteiger partial charge in [0, 0.05) is 6.54 Å².